The number of aromatic nitrogens is 3. The fourth-order valence-corrected chi connectivity index (χ4v) is 2.04. The lowest BCUT2D eigenvalue weighted by Gasteiger charge is -2.11. The molecule has 0 bridgehead atoms. The highest BCUT2D eigenvalue weighted by atomic mass is 15.0. The Labute approximate surface area is 101 Å². The lowest BCUT2D eigenvalue weighted by molar-refractivity contribution is 0.922. The van der Waals surface area contributed by atoms with Crippen molar-refractivity contribution in [2.24, 2.45) is 0 Å². The molecule has 0 amide bonds. The molecule has 1 aliphatic carbocycles. The second-order valence-electron chi connectivity index (χ2n) is 4.51. The van der Waals surface area contributed by atoms with Gasteiger partial charge in [-0.3, -0.25) is 0 Å². The van der Waals surface area contributed by atoms with E-state index >= 15 is 0 Å². The summed E-state index contributed by atoms with van der Waals surface area (Å²) in [6.45, 7) is 2.05. The molecular weight excluding hydrogens is 212 g/mol. The Balaban J connectivity index is 2.15. The van der Waals surface area contributed by atoms with Crippen LogP contribution < -0.4 is 5.32 Å². The molecular formula is C13H16N4. The largest absolute Gasteiger partial charge is 0.373 e. The fourth-order valence-electron chi connectivity index (χ4n) is 2.04. The molecule has 17 heavy (non-hydrogen) atoms. The lowest BCUT2D eigenvalue weighted by Crippen LogP contribution is -2.04. The molecule has 1 fully saturated rings. The number of anilines is 1. The predicted octanol–water partition coefficient (Wildman–Crippen LogP) is 2.70. The second kappa shape index (κ2) is 3.87. The molecule has 0 aromatic carbocycles. The normalized spacial score (nSPS) is 14.9. The van der Waals surface area contributed by atoms with Gasteiger partial charge in [0.25, 0.3) is 0 Å². The molecule has 2 aromatic rings. The van der Waals surface area contributed by atoms with Crippen LogP contribution in [0.25, 0.3) is 11.4 Å². The highest BCUT2D eigenvalue weighted by molar-refractivity contribution is 5.65. The minimum Gasteiger partial charge on any atom is -0.373 e. The maximum Gasteiger partial charge on any atom is 0.134 e. The van der Waals surface area contributed by atoms with Crippen LogP contribution in [0, 0.1) is 6.92 Å². The quantitative estimate of drug-likeness (QED) is 0.849. The third-order valence-corrected chi connectivity index (χ3v) is 3.20. The van der Waals surface area contributed by atoms with Crippen molar-refractivity contribution < 1.29 is 0 Å². The standard InChI is InChI=1S/C13H16N4/c1-8-11(10-4-3-7-15-10)16-13(9-5-6-9)17-12(8)14-2/h3-4,7,9,15H,5-6H2,1-2H3,(H,14,16,17). The summed E-state index contributed by atoms with van der Waals surface area (Å²) < 4.78 is 0. The van der Waals surface area contributed by atoms with E-state index in [1.807, 2.05) is 25.4 Å². The molecule has 0 atom stereocenters. The number of hydrogen-bond donors (Lipinski definition) is 2. The highest BCUT2D eigenvalue weighted by Gasteiger charge is 2.28. The summed E-state index contributed by atoms with van der Waals surface area (Å²) in [5.74, 6) is 2.48. The Kier molecular flexibility index (Phi) is 2.35. The van der Waals surface area contributed by atoms with Crippen molar-refractivity contribution in [2.45, 2.75) is 25.7 Å². The molecule has 4 nitrogen and oxygen atoms in total. The topological polar surface area (TPSA) is 53.6 Å². The van der Waals surface area contributed by atoms with Crippen LogP contribution in [-0.2, 0) is 0 Å². The minimum absolute atomic E-state index is 0.566. The molecule has 4 heteroatoms. The highest BCUT2D eigenvalue weighted by Crippen LogP contribution is 2.39. The van der Waals surface area contributed by atoms with Gasteiger partial charge in [-0.15, -0.1) is 0 Å². The van der Waals surface area contributed by atoms with Crippen molar-refractivity contribution in [3.63, 3.8) is 0 Å². The molecule has 0 unspecified atom stereocenters. The molecule has 2 aromatic heterocycles. The van der Waals surface area contributed by atoms with E-state index in [-0.39, 0.29) is 0 Å². The van der Waals surface area contributed by atoms with Gasteiger partial charge < -0.3 is 10.3 Å². The number of nitrogens with zero attached hydrogens (tertiary/aromatic N) is 2. The van der Waals surface area contributed by atoms with Gasteiger partial charge in [-0.1, -0.05) is 0 Å². The van der Waals surface area contributed by atoms with Gasteiger partial charge in [0.2, 0.25) is 0 Å². The van der Waals surface area contributed by atoms with Gasteiger partial charge in [-0.2, -0.15) is 0 Å². The van der Waals surface area contributed by atoms with Crippen LogP contribution >= 0.6 is 0 Å². The molecule has 1 saturated carbocycles. The van der Waals surface area contributed by atoms with Crippen LogP contribution in [0.2, 0.25) is 0 Å². The average molecular weight is 228 g/mol. The molecule has 0 radical (unpaired) electrons. The van der Waals surface area contributed by atoms with E-state index in [0.717, 1.165) is 28.6 Å². The molecule has 0 aliphatic heterocycles. The fraction of sp³-hybridized carbons (Fsp3) is 0.385. The summed E-state index contributed by atoms with van der Waals surface area (Å²) in [5, 5.41) is 3.16. The Morgan fingerprint density at radius 3 is 2.76 bits per heavy atom. The van der Waals surface area contributed by atoms with Crippen LogP contribution in [0.15, 0.2) is 18.3 Å². The summed E-state index contributed by atoms with van der Waals surface area (Å²) in [4.78, 5) is 12.5. The first kappa shape index (κ1) is 10.3. The monoisotopic (exact) mass is 228 g/mol. The SMILES string of the molecule is CNc1nc(C2CC2)nc(-c2ccc[nH]2)c1C. The van der Waals surface area contributed by atoms with Crippen molar-refractivity contribution in [1.29, 1.82) is 0 Å². The zero-order valence-electron chi connectivity index (χ0n) is 10.1. The van der Waals surface area contributed by atoms with Gasteiger partial charge in [0.15, 0.2) is 0 Å². The first-order valence-electron chi connectivity index (χ1n) is 5.99. The third-order valence-electron chi connectivity index (χ3n) is 3.20. The summed E-state index contributed by atoms with van der Waals surface area (Å²) >= 11 is 0. The Morgan fingerprint density at radius 1 is 1.35 bits per heavy atom. The molecule has 88 valence electrons. The summed E-state index contributed by atoms with van der Waals surface area (Å²) in [7, 11) is 1.91. The lowest BCUT2D eigenvalue weighted by atomic mass is 10.1. The number of rotatable bonds is 3. The van der Waals surface area contributed by atoms with E-state index in [2.05, 4.69) is 22.2 Å². The Bertz CT molecular complexity index is 527. The summed E-state index contributed by atoms with van der Waals surface area (Å²) in [5.41, 5.74) is 3.17. The zero-order valence-corrected chi connectivity index (χ0v) is 10.1. The first-order chi connectivity index (χ1) is 8.29. The van der Waals surface area contributed by atoms with Crippen molar-refractivity contribution in [3.8, 4) is 11.4 Å². The minimum atomic E-state index is 0.566. The average Bonchev–Trinajstić information content (AvgIpc) is 3.05. The van der Waals surface area contributed by atoms with Gasteiger partial charge in [0.05, 0.1) is 11.4 Å². The molecule has 2 N–H and O–H groups in total. The number of aromatic amines is 1. The zero-order chi connectivity index (χ0) is 11.8. The van der Waals surface area contributed by atoms with Gasteiger partial charge >= 0.3 is 0 Å². The predicted molar refractivity (Wildman–Crippen MR) is 68.1 cm³/mol. The van der Waals surface area contributed by atoms with E-state index in [4.69, 9.17) is 4.98 Å². The van der Waals surface area contributed by atoms with Crippen molar-refractivity contribution in [3.05, 3.63) is 29.7 Å². The number of nitrogens with one attached hydrogen (secondary N) is 2. The van der Waals surface area contributed by atoms with Crippen LogP contribution in [0.4, 0.5) is 5.82 Å². The first-order valence-corrected chi connectivity index (χ1v) is 5.99. The van der Waals surface area contributed by atoms with E-state index in [1.54, 1.807) is 0 Å². The molecule has 2 heterocycles. The summed E-state index contributed by atoms with van der Waals surface area (Å²) in [6.07, 6.45) is 4.36. The van der Waals surface area contributed by atoms with Crippen LogP contribution in [0.5, 0.6) is 0 Å². The maximum absolute atomic E-state index is 4.70. The third kappa shape index (κ3) is 1.79. The maximum atomic E-state index is 4.70. The number of hydrogen-bond acceptors (Lipinski definition) is 3. The van der Waals surface area contributed by atoms with E-state index in [1.165, 1.54) is 12.8 Å². The van der Waals surface area contributed by atoms with E-state index < -0.39 is 0 Å². The van der Waals surface area contributed by atoms with Gasteiger partial charge in [-0.05, 0) is 31.9 Å². The smallest absolute Gasteiger partial charge is 0.134 e. The van der Waals surface area contributed by atoms with Gasteiger partial charge in [0.1, 0.15) is 11.6 Å². The van der Waals surface area contributed by atoms with Crippen molar-refractivity contribution in [1.82, 2.24) is 15.0 Å². The molecule has 0 saturated heterocycles. The number of H-pyrrole nitrogens is 1. The Hall–Kier alpha value is -1.84. The molecule has 1 aliphatic rings. The van der Waals surface area contributed by atoms with Gasteiger partial charge in [-0.25, -0.2) is 9.97 Å². The van der Waals surface area contributed by atoms with E-state index in [9.17, 15) is 0 Å². The van der Waals surface area contributed by atoms with Crippen LogP contribution in [0.3, 0.4) is 0 Å². The van der Waals surface area contributed by atoms with Crippen LogP contribution in [-0.4, -0.2) is 22.0 Å². The second-order valence-corrected chi connectivity index (χ2v) is 4.51. The molecule has 3 rings (SSSR count). The summed E-state index contributed by atoms with van der Waals surface area (Å²) in [6, 6.07) is 4.04. The van der Waals surface area contributed by atoms with Crippen molar-refractivity contribution in [2.75, 3.05) is 12.4 Å². The van der Waals surface area contributed by atoms with Crippen molar-refractivity contribution >= 4 is 5.82 Å². The van der Waals surface area contributed by atoms with E-state index in [0.29, 0.717) is 5.92 Å². The Morgan fingerprint density at radius 2 is 2.18 bits per heavy atom. The van der Waals surface area contributed by atoms with Gasteiger partial charge in [0, 0.05) is 24.7 Å². The molecule has 0 spiro atoms. The van der Waals surface area contributed by atoms with Crippen LogP contribution in [0.1, 0.15) is 30.1 Å².